The summed E-state index contributed by atoms with van der Waals surface area (Å²) in [6.45, 7) is 4.31. The largest absolute Gasteiger partial charge is 0.349 e. The second-order valence-electron chi connectivity index (χ2n) is 3.42. The Kier molecular flexibility index (Phi) is 4.24. The molecule has 0 N–H and O–H groups in total. The first-order valence-electron chi connectivity index (χ1n) is 5.23. The van der Waals surface area contributed by atoms with E-state index in [2.05, 4.69) is 56.1 Å². The van der Waals surface area contributed by atoms with E-state index in [1.54, 1.807) is 0 Å². The fourth-order valence-corrected chi connectivity index (χ4v) is 1.58. The lowest BCUT2D eigenvalue weighted by Gasteiger charge is -2.22. The van der Waals surface area contributed by atoms with Crippen LogP contribution in [0.25, 0.3) is 0 Å². The van der Waals surface area contributed by atoms with E-state index in [4.69, 9.17) is 0 Å². The van der Waals surface area contributed by atoms with Gasteiger partial charge in [-0.05, 0) is 25.5 Å². The SMILES string of the molecule is CC=C(CCC)N(C)c1ccccc1. The van der Waals surface area contributed by atoms with Crippen LogP contribution in [0.5, 0.6) is 0 Å². The van der Waals surface area contributed by atoms with Crippen molar-refractivity contribution < 1.29 is 0 Å². The van der Waals surface area contributed by atoms with Crippen LogP contribution in [0.15, 0.2) is 42.1 Å². The molecule has 1 heteroatoms. The Labute approximate surface area is 87.1 Å². The molecule has 0 saturated carbocycles. The molecule has 0 heterocycles. The highest BCUT2D eigenvalue weighted by molar-refractivity contribution is 5.50. The first-order chi connectivity index (χ1) is 6.79. The lowest BCUT2D eigenvalue weighted by atomic mass is 10.2. The number of para-hydroxylation sites is 1. The topological polar surface area (TPSA) is 3.24 Å². The van der Waals surface area contributed by atoms with E-state index in [0.29, 0.717) is 0 Å². The normalized spacial score (nSPS) is 11.5. The Hall–Kier alpha value is -1.24. The fourth-order valence-electron chi connectivity index (χ4n) is 1.58. The number of hydrogen-bond acceptors (Lipinski definition) is 1. The number of nitrogens with zero attached hydrogens (tertiary/aromatic N) is 1. The predicted molar refractivity (Wildman–Crippen MR) is 63.5 cm³/mol. The zero-order valence-corrected chi connectivity index (χ0v) is 9.33. The fraction of sp³-hybridized carbons (Fsp3) is 0.385. The zero-order chi connectivity index (χ0) is 10.4. The van der Waals surface area contributed by atoms with Gasteiger partial charge in [0, 0.05) is 18.4 Å². The van der Waals surface area contributed by atoms with E-state index in [-0.39, 0.29) is 0 Å². The predicted octanol–water partition coefficient (Wildman–Crippen LogP) is 3.83. The van der Waals surface area contributed by atoms with Crippen LogP contribution in [-0.2, 0) is 0 Å². The van der Waals surface area contributed by atoms with Crippen LogP contribution < -0.4 is 4.90 Å². The first kappa shape index (κ1) is 10.8. The van der Waals surface area contributed by atoms with Crippen molar-refractivity contribution >= 4 is 5.69 Å². The van der Waals surface area contributed by atoms with Crippen LogP contribution >= 0.6 is 0 Å². The molecule has 0 aromatic heterocycles. The van der Waals surface area contributed by atoms with Gasteiger partial charge in [0.05, 0.1) is 0 Å². The Morgan fingerprint density at radius 1 is 1.29 bits per heavy atom. The summed E-state index contributed by atoms with van der Waals surface area (Å²) in [5.74, 6) is 0. The van der Waals surface area contributed by atoms with Crippen molar-refractivity contribution in [3.8, 4) is 0 Å². The maximum absolute atomic E-state index is 2.25. The molecular weight excluding hydrogens is 170 g/mol. The minimum absolute atomic E-state index is 1.14. The summed E-state index contributed by atoms with van der Waals surface area (Å²) in [4.78, 5) is 2.25. The van der Waals surface area contributed by atoms with Crippen molar-refractivity contribution in [2.24, 2.45) is 0 Å². The maximum Gasteiger partial charge on any atom is 0.0405 e. The van der Waals surface area contributed by atoms with Gasteiger partial charge in [-0.15, -0.1) is 0 Å². The number of anilines is 1. The molecule has 0 aliphatic heterocycles. The van der Waals surface area contributed by atoms with E-state index in [0.717, 1.165) is 6.42 Å². The second kappa shape index (κ2) is 5.48. The summed E-state index contributed by atoms with van der Waals surface area (Å²) in [6.07, 6.45) is 4.52. The molecule has 0 atom stereocenters. The Bertz CT molecular complexity index is 287. The standard InChI is InChI=1S/C13H19N/c1-4-9-12(5-2)14(3)13-10-7-6-8-11-13/h5-8,10-11H,4,9H2,1-3H3. The third kappa shape index (κ3) is 2.63. The lowest BCUT2D eigenvalue weighted by molar-refractivity contribution is 0.857. The van der Waals surface area contributed by atoms with Gasteiger partial charge in [-0.1, -0.05) is 37.6 Å². The summed E-state index contributed by atoms with van der Waals surface area (Å²) in [7, 11) is 2.13. The van der Waals surface area contributed by atoms with Crippen LogP contribution in [-0.4, -0.2) is 7.05 Å². The highest BCUT2D eigenvalue weighted by Gasteiger charge is 2.03. The van der Waals surface area contributed by atoms with Gasteiger partial charge in [-0.2, -0.15) is 0 Å². The monoisotopic (exact) mass is 189 g/mol. The van der Waals surface area contributed by atoms with Crippen molar-refractivity contribution in [3.05, 3.63) is 42.1 Å². The maximum atomic E-state index is 2.25. The molecule has 0 unspecified atom stereocenters. The first-order valence-corrected chi connectivity index (χ1v) is 5.23. The van der Waals surface area contributed by atoms with Crippen molar-refractivity contribution in [2.45, 2.75) is 26.7 Å². The smallest absolute Gasteiger partial charge is 0.0405 e. The van der Waals surface area contributed by atoms with E-state index >= 15 is 0 Å². The Morgan fingerprint density at radius 3 is 2.43 bits per heavy atom. The molecule has 0 fully saturated rings. The molecule has 0 radical (unpaired) electrons. The average molecular weight is 189 g/mol. The molecule has 1 nitrogen and oxygen atoms in total. The van der Waals surface area contributed by atoms with Gasteiger partial charge < -0.3 is 4.90 Å². The summed E-state index contributed by atoms with van der Waals surface area (Å²) in [5, 5.41) is 0. The quantitative estimate of drug-likeness (QED) is 0.696. The molecule has 0 aliphatic carbocycles. The summed E-state index contributed by atoms with van der Waals surface area (Å²) in [5.41, 5.74) is 2.65. The zero-order valence-electron chi connectivity index (χ0n) is 9.33. The van der Waals surface area contributed by atoms with Gasteiger partial charge >= 0.3 is 0 Å². The number of rotatable bonds is 4. The lowest BCUT2D eigenvalue weighted by Crippen LogP contribution is -2.15. The molecule has 1 aromatic carbocycles. The van der Waals surface area contributed by atoms with Crippen molar-refractivity contribution in [1.82, 2.24) is 0 Å². The minimum atomic E-state index is 1.14. The summed E-state index contributed by atoms with van der Waals surface area (Å²) >= 11 is 0. The molecule has 0 aliphatic rings. The number of benzene rings is 1. The second-order valence-corrected chi connectivity index (χ2v) is 3.42. The van der Waals surface area contributed by atoms with Crippen LogP contribution in [0.1, 0.15) is 26.7 Å². The summed E-state index contributed by atoms with van der Waals surface area (Å²) < 4.78 is 0. The van der Waals surface area contributed by atoms with Crippen LogP contribution in [0.3, 0.4) is 0 Å². The molecule has 14 heavy (non-hydrogen) atoms. The third-order valence-corrected chi connectivity index (χ3v) is 2.41. The van der Waals surface area contributed by atoms with Crippen LogP contribution in [0.2, 0.25) is 0 Å². The average Bonchev–Trinajstić information content (AvgIpc) is 2.26. The van der Waals surface area contributed by atoms with Crippen LogP contribution in [0.4, 0.5) is 5.69 Å². The van der Waals surface area contributed by atoms with Crippen molar-refractivity contribution in [2.75, 3.05) is 11.9 Å². The van der Waals surface area contributed by atoms with Crippen molar-refractivity contribution in [1.29, 1.82) is 0 Å². The van der Waals surface area contributed by atoms with E-state index in [1.807, 2.05) is 6.07 Å². The molecule has 76 valence electrons. The van der Waals surface area contributed by atoms with E-state index in [1.165, 1.54) is 17.8 Å². The number of hydrogen-bond donors (Lipinski definition) is 0. The molecule has 0 spiro atoms. The molecule has 1 rings (SSSR count). The third-order valence-electron chi connectivity index (χ3n) is 2.41. The van der Waals surface area contributed by atoms with Gasteiger partial charge in [-0.25, -0.2) is 0 Å². The highest BCUT2D eigenvalue weighted by Crippen LogP contribution is 2.19. The Morgan fingerprint density at radius 2 is 1.93 bits per heavy atom. The van der Waals surface area contributed by atoms with Gasteiger partial charge in [0.1, 0.15) is 0 Å². The van der Waals surface area contributed by atoms with E-state index in [9.17, 15) is 0 Å². The molecular formula is C13H19N. The van der Waals surface area contributed by atoms with Crippen molar-refractivity contribution in [3.63, 3.8) is 0 Å². The van der Waals surface area contributed by atoms with Crippen LogP contribution in [0, 0.1) is 0 Å². The van der Waals surface area contributed by atoms with E-state index < -0.39 is 0 Å². The van der Waals surface area contributed by atoms with Gasteiger partial charge in [0.25, 0.3) is 0 Å². The molecule has 0 saturated heterocycles. The highest BCUT2D eigenvalue weighted by atomic mass is 15.1. The van der Waals surface area contributed by atoms with Gasteiger partial charge in [0.15, 0.2) is 0 Å². The van der Waals surface area contributed by atoms with Gasteiger partial charge in [0.2, 0.25) is 0 Å². The molecule has 0 bridgehead atoms. The summed E-state index contributed by atoms with van der Waals surface area (Å²) in [6, 6.07) is 10.5. The minimum Gasteiger partial charge on any atom is -0.349 e. The number of allylic oxidation sites excluding steroid dienone is 2. The molecule has 1 aromatic rings. The molecule has 0 amide bonds. The Balaban J connectivity index is 2.78. The van der Waals surface area contributed by atoms with Gasteiger partial charge in [-0.3, -0.25) is 0 Å².